The third-order valence-electron chi connectivity index (χ3n) is 2.80. The van der Waals surface area contributed by atoms with Gasteiger partial charge in [-0.25, -0.2) is 0 Å². The fraction of sp³-hybridized carbons (Fsp3) is 0.200. The van der Waals surface area contributed by atoms with Gasteiger partial charge in [0.2, 0.25) is 0 Å². The molecule has 0 N–H and O–H groups in total. The first-order valence-corrected chi connectivity index (χ1v) is 8.33. The molecule has 0 saturated heterocycles. The molecule has 0 aliphatic heterocycles. The summed E-state index contributed by atoms with van der Waals surface area (Å²) >= 11 is 6.21. The monoisotopic (exact) mass is 310 g/mol. The van der Waals surface area contributed by atoms with Crippen LogP contribution in [0.5, 0.6) is 0 Å². The molecule has 2 aromatic carbocycles. The predicted molar refractivity (Wildman–Crippen MR) is 81.4 cm³/mol. The molecular weight excluding hydrogens is 296 g/mol. The van der Waals surface area contributed by atoms with Crippen molar-refractivity contribution in [2.45, 2.75) is 6.42 Å². The molecule has 0 atom stereocenters. The van der Waals surface area contributed by atoms with Gasteiger partial charge in [0, 0.05) is 10.6 Å². The van der Waals surface area contributed by atoms with Crippen LogP contribution in [0.3, 0.4) is 0 Å². The van der Waals surface area contributed by atoms with Crippen molar-refractivity contribution in [3.05, 3.63) is 59.1 Å². The average Bonchev–Trinajstić information content (AvgIpc) is 2.40. The largest absolute Gasteiger partial charge is 0.270 e. The number of hydrogen-bond acceptors (Lipinski definition) is 3. The lowest BCUT2D eigenvalue weighted by Gasteiger charge is -2.08. The smallest absolute Gasteiger partial charge is 0.264 e. The zero-order chi connectivity index (χ0) is 14.6. The Morgan fingerprint density at radius 3 is 2.45 bits per heavy atom. The van der Waals surface area contributed by atoms with Crippen LogP contribution in [-0.2, 0) is 20.7 Å². The van der Waals surface area contributed by atoms with E-state index in [4.69, 9.17) is 15.8 Å². The third kappa shape index (κ3) is 4.34. The van der Waals surface area contributed by atoms with Crippen LogP contribution in [0.2, 0.25) is 5.02 Å². The quantitative estimate of drug-likeness (QED) is 0.794. The van der Waals surface area contributed by atoms with Gasteiger partial charge in [0.15, 0.2) is 0 Å². The fourth-order valence-electron chi connectivity index (χ4n) is 1.88. The zero-order valence-corrected chi connectivity index (χ0v) is 12.6. The van der Waals surface area contributed by atoms with Crippen LogP contribution in [0.4, 0.5) is 0 Å². The van der Waals surface area contributed by atoms with Gasteiger partial charge in [-0.3, -0.25) is 4.18 Å². The van der Waals surface area contributed by atoms with E-state index in [1.807, 2.05) is 48.5 Å². The van der Waals surface area contributed by atoms with Gasteiger partial charge < -0.3 is 0 Å². The first-order chi connectivity index (χ1) is 9.46. The minimum atomic E-state index is -3.39. The second kappa shape index (κ2) is 6.39. The highest BCUT2D eigenvalue weighted by atomic mass is 35.5. The molecule has 0 aromatic heterocycles. The highest BCUT2D eigenvalue weighted by Gasteiger charge is 2.06. The minimum absolute atomic E-state index is 0.134. The highest BCUT2D eigenvalue weighted by molar-refractivity contribution is 7.85. The Hall–Kier alpha value is -1.36. The summed E-state index contributed by atoms with van der Waals surface area (Å²) in [4.78, 5) is 0. The zero-order valence-electron chi connectivity index (χ0n) is 11.0. The van der Waals surface area contributed by atoms with Gasteiger partial charge in [0.1, 0.15) is 0 Å². The Morgan fingerprint density at radius 2 is 1.80 bits per heavy atom. The first-order valence-electron chi connectivity index (χ1n) is 6.14. The summed E-state index contributed by atoms with van der Waals surface area (Å²) in [5.74, 6) is 0. The molecule has 0 fully saturated rings. The van der Waals surface area contributed by atoms with Crippen molar-refractivity contribution in [1.82, 2.24) is 0 Å². The summed E-state index contributed by atoms with van der Waals surface area (Å²) in [7, 11) is -3.39. The Balaban J connectivity index is 2.17. The average molecular weight is 311 g/mol. The second-order valence-electron chi connectivity index (χ2n) is 4.46. The second-order valence-corrected chi connectivity index (χ2v) is 6.51. The summed E-state index contributed by atoms with van der Waals surface area (Å²) in [5.41, 5.74) is 2.95. The normalized spacial score (nSPS) is 11.5. The van der Waals surface area contributed by atoms with Crippen molar-refractivity contribution in [3.63, 3.8) is 0 Å². The van der Waals surface area contributed by atoms with Gasteiger partial charge >= 0.3 is 0 Å². The molecule has 3 nitrogen and oxygen atoms in total. The van der Waals surface area contributed by atoms with Crippen molar-refractivity contribution >= 4 is 21.7 Å². The van der Waals surface area contributed by atoms with Crippen LogP contribution in [0.15, 0.2) is 48.5 Å². The topological polar surface area (TPSA) is 43.4 Å². The van der Waals surface area contributed by atoms with Crippen molar-refractivity contribution in [2.24, 2.45) is 0 Å². The van der Waals surface area contributed by atoms with Gasteiger partial charge in [0.25, 0.3) is 10.1 Å². The Morgan fingerprint density at radius 1 is 1.10 bits per heavy atom. The molecule has 0 aliphatic carbocycles. The molecule has 0 amide bonds. The van der Waals surface area contributed by atoms with Crippen molar-refractivity contribution in [2.75, 3.05) is 12.9 Å². The van der Waals surface area contributed by atoms with Crippen molar-refractivity contribution in [3.8, 4) is 11.1 Å². The van der Waals surface area contributed by atoms with E-state index in [2.05, 4.69) is 0 Å². The van der Waals surface area contributed by atoms with Gasteiger partial charge in [-0.15, -0.1) is 0 Å². The molecule has 0 heterocycles. The number of benzene rings is 2. The Bertz CT molecular complexity index is 682. The standard InChI is InChI=1S/C15H15ClO3S/c1-20(17,18)19-10-9-12-7-8-15(16)14(11-12)13-5-3-2-4-6-13/h2-8,11H,9-10H2,1H3. The van der Waals surface area contributed by atoms with E-state index in [0.717, 1.165) is 22.9 Å². The molecule has 0 saturated carbocycles. The number of halogens is 1. The molecule has 20 heavy (non-hydrogen) atoms. The number of rotatable bonds is 5. The maximum absolute atomic E-state index is 10.9. The summed E-state index contributed by atoms with van der Waals surface area (Å²) in [6.45, 7) is 0.134. The van der Waals surface area contributed by atoms with E-state index in [1.54, 1.807) is 0 Å². The molecule has 0 bridgehead atoms. The molecule has 0 radical (unpaired) electrons. The Labute approximate surface area is 124 Å². The summed E-state index contributed by atoms with van der Waals surface area (Å²) < 4.78 is 26.6. The van der Waals surface area contributed by atoms with Crippen LogP contribution in [-0.4, -0.2) is 21.3 Å². The summed E-state index contributed by atoms with van der Waals surface area (Å²) in [6.07, 6.45) is 1.56. The maximum atomic E-state index is 10.9. The lowest BCUT2D eigenvalue weighted by atomic mass is 10.0. The summed E-state index contributed by atoms with van der Waals surface area (Å²) in [6, 6.07) is 15.5. The van der Waals surface area contributed by atoms with E-state index in [1.165, 1.54) is 0 Å². The van der Waals surface area contributed by atoms with Gasteiger partial charge in [0.05, 0.1) is 12.9 Å². The lowest BCUT2D eigenvalue weighted by Crippen LogP contribution is -2.06. The van der Waals surface area contributed by atoms with Crippen LogP contribution < -0.4 is 0 Å². The van der Waals surface area contributed by atoms with Gasteiger partial charge in [-0.2, -0.15) is 8.42 Å². The summed E-state index contributed by atoms with van der Waals surface area (Å²) in [5, 5.41) is 0.670. The van der Waals surface area contributed by atoms with Gasteiger partial charge in [-0.05, 0) is 29.7 Å². The molecule has 106 valence electrons. The molecule has 2 rings (SSSR count). The minimum Gasteiger partial charge on any atom is -0.270 e. The van der Waals surface area contributed by atoms with E-state index in [-0.39, 0.29) is 6.61 Å². The van der Waals surface area contributed by atoms with Crippen LogP contribution in [0.25, 0.3) is 11.1 Å². The van der Waals surface area contributed by atoms with Crippen LogP contribution >= 0.6 is 11.6 Å². The van der Waals surface area contributed by atoms with Crippen molar-refractivity contribution < 1.29 is 12.6 Å². The molecular formula is C15H15ClO3S. The SMILES string of the molecule is CS(=O)(=O)OCCc1ccc(Cl)c(-c2ccccc2)c1. The van der Waals surface area contributed by atoms with Gasteiger partial charge in [-0.1, -0.05) is 48.0 Å². The molecule has 2 aromatic rings. The molecule has 0 unspecified atom stereocenters. The van der Waals surface area contributed by atoms with E-state index < -0.39 is 10.1 Å². The first kappa shape index (κ1) is 15.0. The highest BCUT2D eigenvalue weighted by Crippen LogP contribution is 2.28. The molecule has 5 heteroatoms. The lowest BCUT2D eigenvalue weighted by molar-refractivity contribution is 0.326. The predicted octanol–water partition coefficient (Wildman–Crippen LogP) is 3.53. The van der Waals surface area contributed by atoms with Crippen LogP contribution in [0, 0.1) is 0 Å². The van der Waals surface area contributed by atoms with E-state index in [0.29, 0.717) is 11.4 Å². The third-order valence-corrected chi connectivity index (χ3v) is 3.73. The van der Waals surface area contributed by atoms with E-state index in [9.17, 15) is 8.42 Å². The van der Waals surface area contributed by atoms with Crippen LogP contribution in [0.1, 0.15) is 5.56 Å². The molecule has 0 aliphatic rings. The maximum Gasteiger partial charge on any atom is 0.264 e. The van der Waals surface area contributed by atoms with Crippen molar-refractivity contribution in [1.29, 1.82) is 0 Å². The Kier molecular flexibility index (Phi) is 4.81. The molecule has 0 spiro atoms. The van der Waals surface area contributed by atoms with E-state index >= 15 is 0 Å². The number of hydrogen-bond donors (Lipinski definition) is 0. The fourth-order valence-corrected chi connectivity index (χ4v) is 2.49.